The third kappa shape index (κ3) is 4.64. The summed E-state index contributed by atoms with van der Waals surface area (Å²) in [5.41, 5.74) is 5.57. The van der Waals surface area contributed by atoms with E-state index in [0.717, 1.165) is 0 Å². The largest absolute Gasteiger partial charge is 0.492 e. The predicted octanol–water partition coefficient (Wildman–Crippen LogP) is 3.06. The number of nitrogen functional groups attached to an aromatic ring is 1. The summed E-state index contributed by atoms with van der Waals surface area (Å²) in [6.07, 6.45) is -5.30. The maximum atomic E-state index is 11.9. The maximum Gasteiger partial charge on any atom is 0.392 e. The Hall–Kier alpha value is -1.24. The molecule has 0 atom stereocenters. The molecule has 1 aromatic rings. The van der Waals surface area contributed by atoms with Crippen LogP contribution in [-0.2, 0) is 0 Å². The number of benzene rings is 1. The van der Waals surface area contributed by atoms with E-state index < -0.39 is 19.2 Å². The summed E-state index contributed by atoms with van der Waals surface area (Å²) in [5, 5.41) is 7.29. The Kier molecular flexibility index (Phi) is 4.39. The van der Waals surface area contributed by atoms with Gasteiger partial charge < -0.3 is 10.5 Å². The van der Waals surface area contributed by atoms with E-state index in [9.17, 15) is 13.2 Å². The van der Waals surface area contributed by atoms with Gasteiger partial charge in [-0.2, -0.15) is 13.2 Å². The van der Waals surface area contributed by atoms with Crippen LogP contribution in [0.2, 0.25) is 0 Å². The minimum absolute atomic E-state index is 0.171. The van der Waals surface area contributed by atoms with Gasteiger partial charge in [-0.15, -0.1) is 0 Å². The number of nitrogens with two attached hydrogens (primary N) is 1. The first-order valence-corrected chi connectivity index (χ1v) is 5.42. The number of rotatable bonds is 4. The molecular weight excluding hydrogens is 301 g/mol. The lowest BCUT2D eigenvalue weighted by molar-refractivity contribution is -0.139. The molecule has 17 heavy (non-hydrogen) atoms. The van der Waals surface area contributed by atoms with Gasteiger partial charge in [0.2, 0.25) is 0 Å². The minimum atomic E-state index is -4.26. The third-order valence-corrected chi connectivity index (χ3v) is 2.37. The number of amidine groups is 1. The van der Waals surface area contributed by atoms with E-state index in [-0.39, 0.29) is 17.1 Å². The Balaban J connectivity index is 2.74. The van der Waals surface area contributed by atoms with Crippen LogP contribution in [0.25, 0.3) is 0 Å². The molecular formula is C10H10BrF3N2O. The van der Waals surface area contributed by atoms with Gasteiger partial charge in [0.15, 0.2) is 0 Å². The van der Waals surface area contributed by atoms with Gasteiger partial charge in [0, 0.05) is 4.47 Å². The average Bonchev–Trinajstić information content (AvgIpc) is 2.18. The van der Waals surface area contributed by atoms with E-state index in [1.807, 2.05) is 0 Å². The van der Waals surface area contributed by atoms with Crippen molar-refractivity contribution in [2.24, 2.45) is 5.73 Å². The van der Waals surface area contributed by atoms with Gasteiger partial charge in [0.1, 0.15) is 11.6 Å². The van der Waals surface area contributed by atoms with Crippen LogP contribution < -0.4 is 10.5 Å². The van der Waals surface area contributed by atoms with Gasteiger partial charge in [-0.1, -0.05) is 15.9 Å². The first kappa shape index (κ1) is 13.8. The Morgan fingerprint density at radius 1 is 1.41 bits per heavy atom. The first-order chi connectivity index (χ1) is 7.79. The molecule has 1 aromatic carbocycles. The summed E-state index contributed by atoms with van der Waals surface area (Å²) >= 11 is 3.18. The molecule has 0 saturated carbocycles. The Bertz CT molecular complexity index is 421. The number of nitrogens with one attached hydrogen (secondary N) is 1. The summed E-state index contributed by atoms with van der Waals surface area (Å²) in [7, 11) is 0. The fourth-order valence-corrected chi connectivity index (χ4v) is 1.48. The smallest absolute Gasteiger partial charge is 0.392 e. The summed E-state index contributed by atoms with van der Waals surface area (Å²) < 4.78 is 41.4. The zero-order valence-electron chi connectivity index (χ0n) is 8.64. The molecule has 0 aliphatic rings. The highest BCUT2D eigenvalue weighted by Gasteiger charge is 2.27. The fourth-order valence-electron chi connectivity index (χ4n) is 1.12. The van der Waals surface area contributed by atoms with Crippen molar-refractivity contribution in [2.45, 2.75) is 12.6 Å². The van der Waals surface area contributed by atoms with Gasteiger partial charge in [-0.05, 0) is 18.2 Å². The topological polar surface area (TPSA) is 59.1 Å². The van der Waals surface area contributed by atoms with Crippen molar-refractivity contribution >= 4 is 21.8 Å². The van der Waals surface area contributed by atoms with Crippen LogP contribution in [0, 0.1) is 5.41 Å². The second-order valence-corrected chi connectivity index (χ2v) is 4.18. The van der Waals surface area contributed by atoms with Gasteiger partial charge in [-0.3, -0.25) is 5.41 Å². The molecule has 7 heteroatoms. The minimum Gasteiger partial charge on any atom is -0.492 e. The maximum absolute atomic E-state index is 11.9. The third-order valence-electron chi connectivity index (χ3n) is 1.87. The van der Waals surface area contributed by atoms with Crippen molar-refractivity contribution in [3.63, 3.8) is 0 Å². The molecule has 3 nitrogen and oxygen atoms in total. The molecule has 0 spiro atoms. The highest BCUT2D eigenvalue weighted by atomic mass is 79.9. The van der Waals surface area contributed by atoms with E-state index in [4.69, 9.17) is 15.9 Å². The first-order valence-electron chi connectivity index (χ1n) is 4.63. The van der Waals surface area contributed by atoms with Crippen molar-refractivity contribution in [3.8, 4) is 5.75 Å². The van der Waals surface area contributed by atoms with Gasteiger partial charge >= 0.3 is 6.18 Å². The molecule has 0 aliphatic heterocycles. The van der Waals surface area contributed by atoms with Crippen LogP contribution in [0.3, 0.4) is 0 Å². The molecule has 3 N–H and O–H groups in total. The number of hydrogen-bond acceptors (Lipinski definition) is 2. The molecule has 0 radical (unpaired) electrons. The molecule has 0 aliphatic carbocycles. The zero-order chi connectivity index (χ0) is 13.1. The van der Waals surface area contributed by atoms with E-state index in [1.165, 1.54) is 12.1 Å². The highest BCUT2D eigenvalue weighted by Crippen LogP contribution is 2.25. The van der Waals surface area contributed by atoms with Crippen molar-refractivity contribution < 1.29 is 17.9 Å². The standard InChI is InChI=1S/C10H10BrF3N2O/c11-6-1-2-8(7(5-6)9(15)16)17-4-3-10(12,13)14/h1-2,5H,3-4H2,(H3,15,16). The second-order valence-electron chi connectivity index (χ2n) is 3.27. The van der Waals surface area contributed by atoms with Crippen LogP contribution in [-0.4, -0.2) is 18.6 Å². The quantitative estimate of drug-likeness (QED) is 0.663. The second kappa shape index (κ2) is 5.39. The molecule has 0 aromatic heterocycles. The molecule has 0 unspecified atom stereocenters. The molecule has 0 saturated heterocycles. The fraction of sp³-hybridized carbons (Fsp3) is 0.300. The van der Waals surface area contributed by atoms with Crippen molar-refractivity contribution in [1.82, 2.24) is 0 Å². The molecule has 0 heterocycles. The van der Waals surface area contributed by atoms with Crippen molar-refractivity contribution in [2.75, 3.05) is 6.61 Å². The number of halogens is 4. The molecule has 0 fully saturated rings. The van der Waals surface area contributed by atoms with Crippen LogP contribution in [0.15, 0.2) is 22.7 Å². The number of alkyl halides is 3. The Morgan fingerprint density at radius 3 is 2.59 bits per heavy atom. The predicted molar refractivity (Wildman–Crippen MR) is 61.3 cm³/mol. The van der Waals surface area contributed by atoms with Crippen molar-refractivity contribution in [3.05, 3.63) is 28.2 Å². The lowest BCUT2D eigenvalue weighted by Gasteiger charge is -2.12. The summed E-state index contributed by atoms with van der Waals surface area (Å²) in [4.78, 5) is 0. The lowest BCUT2D eigenvalue weighted by Crippen LogP contribution is -2.16. The lowest BCUT2D eigenvalue weighted by atomic mass is 10.2. The number of hydrogen-bond donors (Lipinski definition) is 2. The van der Waals surface area contributed by atoms with Gasteiger partial charge in [0.25, 0.3) is 0 Å². The van der Waals surface area contributed by atoms with Crippen LogP contribution in [0.4, 0.5) is 13.2 Å². The monoisotopic (exact) mass is 310 g/mol. The molecule has 0 amide bonds. The molecule has 94 valence electrons. The van der Waals surface area contributed by atoms with Crippen LogP contribution in [0.1, 0.15) is 12.0 Å². The average molecular weight is 311 g/mol. The normalized spacial score (nSPS) is 11.3. The van der Waals surface area contributed by atoms with Gasteiger partial charge in [-0.25, -0.2) is 0 Å². The highest BCUT2D eigenvalue weighted by molar-refractivity contribution is 9.10. The SMILES string of the molecule is N=C(N)c1cc(Br)ccc1OCCC(F)(F)F. The summed E-state index contributed by atoms with van der Waals surface area (Å²) in [6.45, 7) is -0.495. The van der Waals surface area contributed by atoms with E-state index in [0.29, 0.717) is 4.47 Å². The molecule has 0 bridgehead atoms. The van der Waals surface area contributed by atoms with Gasteiger partial charge in [0.05, 0.1) is 18.6 Å². The van der Waals surface area contributed by atoms with E-state index >= 15 is 0 Å². The Labute approximate surface area is 104 Å². The molecule has 1 rings (SSSR count). The number of ether oxygens (including phenoxy) is 1. The Morgan fingerprint density at radius 2 is 2.06 bits per heavy atom. The summed E-state index contributed by atoms with van der Waals surface area (Å²) in [6, 6.07) is 4.60. The zero-order valence-corrected chi connectivity index (χ0v) is 10.2. The van der Waals surface area contributed by atoms with E-state index in [2.05, 4.69) is 15.9 Å². The van der Waals surface area contributed by atoms with Crippen molar-refractivity contribution in [1.29, 1.82) is 5.41 Å². The van der Waals surface area contributed by atoms with Crippen LogP contribution in [0.5, 0.6) is 5.75 Å². The summed E-state index contributed by atoms with van der Waals surface area (Å²) in [5.74, 6) is -0.0849. The van der Waals surface area contributed by atoms with Crippen LogP contribution >= 0.6 is 15.9 Å². The van der Waals surface area contributed by atoms with E-state index in [1.54, 1.807) is 6.07 Å².